The standard InChI is InChI=1S/C20H25N3O2/c1-4-15-7-5-6-8-17(15)23-19(24)16-10-12-21-18(13-16)20(25)22-11-9-14(2)3/h5-8,10,12-14H,4,9,11H2,1-3H3,(H,22,25)(H,23,24). The predicted molar refractivity (Wildman–Crippen MR) is 99.8 cm³/mol. The second kappa shape index (κ2) is 8.97. The number of hydrogen-bond acceptors (Lipinski definition) is 3. The van der Waals surface area contributed by atoms with Gasteiger partial charge in [-0.3, -0.25) is 14.6 Å². The molecular weight excluding hydrogens is 314 g/mol. The summed E-state index contributed by atoms with van der Waals surface area (Å²) < 4.78 is 0. The molecule has 25 heavy (non-hydrogen) atoms. The fraction of sp³-hybridized carbons (Fsp3) is 0.350. The van der Waals surface area contributed by atoms with Crippen LogP contribution in [0.2, 0.25) is 0 Å². The summed E-state index contributed by atoms with van der Waals surface area (Å²) in [5.74, 6) is 0.00722. The van der Waals surface area contributed by atoms with E-state index in [9.17, 15) is 9.59 Å². The zero-order valence-electron chi connectivity index (χ0n) is 15.0. The minimum atomic E-state index is -0.260. The highest BCUT2D eigenvalue weighted by molar-refractivity contribution is 6.06. The number of aryl methyl sites for hydroxylation is 1. The molecular formula is C20H25N3O2. The Hall–Kier alpha value is -2.69. The molecule has 2 aromatic rings. The van der Waals surface area contributed by atoms with Crippen LogP contribution in [-0.4, -0.2) is 23.3 Å². The van der Waals surface area contributed by atoms with Gasteiger partial charge < -0.3 is 10.6 Å². The quantitative estimate of drug-likeness (QED) is 0.808. The van der Waals surface area contributed by atoms with Crippen molar-refractivity contribution in [3.05, 3.63) is 59.4 Å². The average molecular weight is 339 g/mol. The molecule has 0 aliphatic heterocycles. The first-order valence-corrected chi connectivity index (χ1v) is 8.64. The molecule has 0 saturated carbocycles. The number of amides is 2. The first-order chi connectivity index (χ1) is 12.0. The van der Waals surface area contributed by atoms with Gasteiger partial charge in [0, 0.05) is 24.0 Å². The van der Waals surface area contributed by atoms with Crippen LogP contribution in [-0.2, 0) is 6.42 Å². The van der Waals surface area contributed by atoms with Gasteiger partial charge in [-0.25, -0.2) is 0 Å². The Bertz CT molecular complexity index is 741. The van der Waals surface area contributed by atoms with Crippen LogP contribution in [0.25, 0.3) is 0 Å². The second-order valence-corrected chi connectivity index (χ2v) is 6.33. The smallest absolute Gasteiger partial charge is 0.269 e. The number of carbonyl (C=O) groups excluding carboxylic acids is 2. The van der Waals surface area contributed by atoms with Crippen LogP contribution >= 0.6 is 0 Å². The van der Waals surface area contributed by atoms with Crippen LogP contribution < -0.4 is 10.6 Å². The zero-order chi connectivity index (χ0) is 18.2. The Labute approximate surface area is 148 Å². The van der Waals surface area contributed by atoms with Gasteiger partial charge in [-0.15, -0.1) is 0 Å². The summed E-state index contributed by atoms with van der Waals surface area (Å²) in [5, 5.41) is 5.73. The fourth-order valence-electron chi connectivity index (χ4n) is 2.41. The van der Waals surface area contributed by atoms with E-state index in [1.807, 2.05) is 31.2 Å². The SMILES string of the molecule is CCc1ccccc1NC(=O)c1ccnc(C(=O)NCCC(C)C)c1. The van der Waals surface area contributed by atoms with Crippen molar-refractivity contribution in [1.82, 2.24) is 10.3 Å². The molecule has 5 heteroatoms. The number of rotatable bonds is 7. The number of para-hydroxylation sites is 1. The molecule has 132 valence electrons. The van der Waals surface area contributed by atoms with Gasteiger partial charge in [0.15, 0.2) is 0 Å². The van der Waals surface area contributed by atoms with E-state index in [4.69, 9.17) is 0 Å². The summed E-state index contributed by atoms with van der Waals surface area (Å²) in [7, 11) is 0. The van der Waals surface area contributed by atoms with Crippen molar-refractivity contribution in [3.63, 3.8) is 0 Å². The highest BCUT2D eigenvalue weighted by Gasteiger charge is 2.13. The van der Waals surface area contributed by atoms with Crippen molar-refractivity contribution in [3.8, 4) is 0 Å². The van der Waals surface area contributed by atoms with E-state index in [0.29, 0.717) is 18.0 Å². The summed E-state index contributed by atoms with van der Waals surface area (Å²) in [4.78, 5) is 28.7. The maximum atomic E-state index is 12.5. The van der Waals surface area contributed by atoms with Crippen LogP contribution in [0.3, 0.4) is 0 Å². The van der Waals surface area contributed by atoms with Gasteiger partial charge >= 0.3 is 0 Å². The van der Waals surface area contributed by atoms with Crippen molar-refractivity contribution in [2.45, 2.75) is 33.6 Å². The minimum absolute atomic E-state index is 0.250. The van der Waals surface area contributed by atoms with E-state index in [1.165, 1.54) is 12.3 Å². The van der Waals surface area contributed by atoms with Crippen molar-refractivity contribution in [2.24, 2.45) is 5.92 Å². The van der Waals surface area contributed by atoms with Crippen LogP contribution in [0.1, 0.15) is 53.6 Å². The first-order valence-electron chi connectivity index (χ1n) is 8.64. The molecule has 1 aromatic carbocycles. The molecule has 0 aliphatic rings. The normalized spacial score (nSPS) is 10.6. The molecule has 0 aliphatic carbocycles. The van der Waals surface area contributed by atoms with Crippen LogP contribution in [0.5, 0.6) is 0 Å². The van der Waals surface area contributed by atoms with Gasteiger partial charge in [-0.1, -0.05) is 39.0 Å². The molecule has 0 unspecified atom stereocenters. The highest BCUT2D eigenvalue weighted by Crippen LogP contribution is 2.16. The van der Waals surface area contributed by atoms with Crippen molar-refractivity contribution in [2.75, 3.05) is 11.9 Å². The third kappa shape index (κ3) is 5.41. The Morgan fingerprint density at radius 2 is 1.88 bits per heavy atom. The molecule has 1 aromatic heterocycles. The van der Waals surface area contributed by atoms with Crippen LogP contribution in [0.15, 0.2) is 42.6 Å². The molecule has 0 radical (unpaired) electrons. The van der Waals surface area contributed by atoms with Crippen LogP contribution in [0.4, 0.5) is 5.69 Å². The molecule has 0 fully saturated rings. The van der Waals surface area contributed by atoms with Gasteiger partial charge in [0.1, 0.15) is 5.69 Å². The zero-order valence-corrected chi connectivity index (χ0v) is 15.0. The molecule has 5 nitrogen and oxygen atoms in total. The minimum Gasteiger partial charge on any atom is -0.351 e. The average Bonchev–Trinajstić information content (AvgIpc) is 2.61. The Kier molecular flexibility index (Phi) is 6.69. The first kappa shape index (κ1) is 18.6. The number of benzene rings is 1. The third-order valence-corrected chi connectivity index (χ3v) is 3.91. The predicted octanol–water partition coefficient (Wildman–Crippen LogP) is 3.67. The summed E-state index contributed by atoms with van der Waals surface area (Å²) >= 11 is 0. The number of carbonyl (C=O) groups is 2. The van der Waals surface area contributed by atoms with E-state index >= 15 is 0 Å². The van der Waals surface area contributed by atoms with Crippen molar-refractivity contribution < 1.29 is 9.59 Å². The van der Waals surface area contributed by atoms with E-state index < -0.39 is 0 Å². The number of nitrogens with one attached hydrogen (secondary N) is 2. The Morgan fingerprint density at radius 3 is 2.60 bits per heavy atom. The van der Waals surface area contributed by atoms with Crippen LogP contribution in [0, 0.1) is 5.92 Å². The summed E-state index contributed by atoms with van der Waals surface area (Å²) in [5.41, 5.74) is 2.52. The molecule has 1 heterocycles. The fourth-order valence-corrected chi connectivity index (χ4v) is 2.41. The Morgan fingerprint density at radius 1 is 1.12 bits per heavy atom. The number of hydrogen-bond donors (Lipinski definition) is 2. The van der Waals surface area contributed by atoms with E-state index in [0.717, 1.165) is 24.1 Å². The lowest BCUT2D eigenvalue weighted by Gasteiger charge is -2.10. The van der Waals surface area contributed by atoms with Gasteiger partial charge in [0.2, 0.25) is 0 Å². The summed E-state index contributed by atoms with van der Waals surface area (Å²) in [6, 6.07) is 10.8. The summed E-state index contributed by atoms with van der Waals surface area (Å²) in [6.45, 7) is 6.84. The number of nitrogens with zero attached hydrogens (tertiary/aromatic N) is 1. The molecule has 2 rings (SSSR count). The lowest BCUT2D eigenvalue weighted by Crippen LogP contribution is -2.26. The number of pyridine rings is 1. The molecule has 0 saturated heterocycles. The number of aromatic nitrogens is 1. The number of anilines is 1. The lowest BCUT2D eigenvalue weighted by atomic mass is 10.1. The maximum Gasteiger partial charge on any atom is 0.269 e. The molecule has 2 N–H and O–H groups in total. The van der Waals surface area contributed by atoms with Gasteiger partial charge in [-0.05, 0) is 42.5 Å². The van der Waals surface area contributed by atoms with Crippen molar-refractivity contribution in [1.29, 1.82) is 0 Å². The largest absolute Gasteiger partial charge is 0.351 e. The maximum absolute atomic E-state index is 12.5. The van der Waals surface area contributed by atoms with Crippen molar-refractivity contribution >= 4 is 17.5 Å². The van der Waals surface area contributed by atoms with E-state index in [1.54, 1.807) is 6.07 Å². The second-order valence-electron chi connectivity index (χ2n) is 6.33. The highest BCUT2D eigenvalue weighted by atomic mass is 16.2. The topological polar surface area (TPSA) is 71.1 Å². The molecule has 0 atom stereocenters. The van der Waals surface area contributed by atoms with E-state index in [2.05, 4.69) is 29.5 Å². The van der Waals surface area contributed by atoms with Gasteiger partial charge in [0.05, 0.1) is 0 Å². The molecule has 2 amide bonds. The Balaban J connectivity index is 2.07. The van der Waals surface area contributed by atoms with E-state index in [-0.39, 0.29) is 17.5 Å². The lowest BCUT2D eigenvalue weighted by molar-refractivity contribution is 0.0947. The molecule has 0 spiro atoms. The molecule has 0 bridgehead atoms. The summed E-state index contributed by atoms with van der Waals surface area (Å²) in [6.07, 6.45) is 3.22. The monoisotopic (exact) mass is 339 g/mol. The van der Waals surface area contributed by atoms with Gasteiger partial charge in [-0.2, -0.15) is 0 Å². The van der Waals surface area contributed by atoms with Gasteiger partial charge in [0.25, 0.3) is 11.8 Å². The third-order valence-electron chi connectivity index (χ3n) is 3.91.